The number of nitrogens with one attached hydrogen (secondary N) is 1. The molecule has 0 bridgehead atoms. The third kappa shape index (κ3) is 5.54. The van der Waals surface area contributed by atoms with E-state index in [9.17, 15) is 23.1 Å². The van der Waals surface area contributed by atoms with E-state index in [1.165, 1.54) is 4.31 Å². The molecule has 0 spiro atoms. The summed E-state index contributed by atoms with van der Waals surface area (Å²) in [5, 5.41) is 12.1. The number of carboxylic acids is 1. The van der Waals surface area contributed by atoms with Crippen LogP contribution < -0.4 is 5.32 Å². The first-order valence-electron chi connectivity index (χ1n) is 8.85. The van der Waals surface area contributed by atoms with Crippen molar-refractivity contribution in [2.24, 2.45) is 11.8 Å². The van der Waals surface area contributed by atoms with E-state index in [1.807, 2.05) is 30.3 Å². The molecule has 1 unspecified atom stereocenters. The van der Waals surface area contributed by atoms with Gasteiger partial charge in [0.05, 0.1) is 11.7 Å². The van der Waals surface area contributed by atoms with Crippen molar-refractivity contribution in [3.05, 3.63) is 35.9 Å². The number of rotatable bonds is 8. The second-order valence-electron chi connectivity index (χ2n) is 6.54. The Labute approximate surface area is 154 Å². The lowest BCUT2D eigenvalue weighted by Gasteiger charge is -2.30. The minimum atomic E-state index is -3.22. The number of carboxylic acid groups (broad SMARTS) is 1. The van der Waals surface area contributed by atoms with Crippen LogP contribution in [0.3, 0.4) is 0 Å². The number of carbonyl (C=O) groups is 2. The second kappa shape index (κ2) is 9.14. The van der Waals surface area contributed by atoms with Crippen LogP contribution in [0.15, 0.2) is 30.3 Å². The van der Waals surface area contributed by atoms with Crippen molar-refractivity contribution in [1.29, 1.82) is 0 Å². The van der Waals surface area contributed by atoms with Gasteiger partial charge in [0.25, 0.3) is 0 Å². The van der Waals surface area contributed by atoms with Gasteiger partial charge in [-0.1, -0.05) is 30.3 Å². The van der Waals surface area contributed by atoms with Gasteiger partial charge >= 0.3 is 5.97 Å². The number of nitrogens with zero attached hydrogens (tertiary/aromatic N) is 1. The Balaban J connectivity index is 1.84. The van der Waals surface area contributed by atoms with Crippen LogP contribution in [0.2, 0.25) is 0 Å². The van der Waals surface area contributed by atoms with Gasteiger partial charge in [-0.15, -0.1) is 0 Å². The Morgan fingerprint density at radius 3 is 2.38 bits per heavy atom. The largest absolute Gasteiger partial charge is 0.481 e. The summed E-state index contributed by atoms with van der Waals surface area (Å²) in [4.78, 5) is 23.8. The first kappa shape index (κ1) is 20.4. The summed E-state index contributed by atoms with van der Waals surface area (Å²) in [6.07, 6.45) is 1.27. The number of amides is 1. The molecular weight excluding hydrogens is 356 g/mol. The zero-order chi connectivity index (χ0) is 19.2. The minimum absolute atomic E-state index is 0.0592. The second-order valence-corrected chi connectivity index (χ2v) is 8.80. The van der Waals surface area contributed by atoms with Crippen LogP contribution in [0.25, 0.3) is 0 Å². The summed E-state index contributed by atoms with van der Waals surface area (Å²) in [5.74, 6) is -2.05. The predicted molar refractivity (Wildman–Crippen MR) is 98.0 cm³/mol. The topological polar surface area (TPSA) is 104 Å². The number of benzene rings is 1. The number of carbonyl (C=O) groups excluding carboxylic acids is 1. The van der Waals surface area contributed by atoms with E-state index in [1.54, 1.807) is 6.92 Å². The molecule has 0 aromatic heterocycles. The van der Waals surface area contributed by atoms with Gasteiger partial charge in [-0.2, -0.15) is 0 Å². The van der Waals surface area contributed by atoms with Crippen LogP contribution in [0, 0.1) is 11.8 Å². The molecule has 1 atom stereocenters. The number of hydrogen-bond donors (Lipinski definition) is 2. The van der Waals surface area contributed by atoms with E-state index >= 15 is 0 Å². The van der Waals surface area contributed by atoms with Crippen LogP contribution in [0.1, 0.15) is 25.3 Å². The van der Waals surface area contributed by atoms with Gasteiger partial charge in [0.1, 0.15) is 0 Å². The summed E-state index contributed by atoms with van der Waals surface area (Å²) >= 11 is 0. The number of aliphatic carboxylic acids is 1. The molecule has 7 nitrogen and oxygen atoms in total. The maximum Gasteiger partial charge on any atom is 0.308 e. The van der Waals surface area contributed by atoms with Gasteiger partial charge in [0, 0.05) is 25.6 Å². The normalized spacial score (nSPS) is 17.6. The first-order chi connectivity index (χ1) is 12.3. The van der Waals surface area contributed by atoms with Crippen molar-refractivity contribution in [2.75, 3.05) is 25.4 Å². The molecule has 1 heterocycles. The van der Waals surface area contributed by atoms with Crippen LogP contribution >= 0.6 is 0 Å². The molecule has 2 N–H and O–H groups in total. The summed E-state index contributed by atoms with van der Waals surface area (Å²) < 4.78 is 25.1. The first-order valence-corrected chi connectivity index (χ1v) is 10.5. The van der Waals surface area contributed by atoms with Gasteiger partial charge in [-0.25, -0.2) is 12.7 Å². The lowest BCUT2D eigenvalue weighted by Crippen LogP contribution is -2.44. The van der Waals surface area contributed by atoms with Crippen LogP contribution in [-0.4, -0.2) is 55.1 Å². The molecule has 0 radical (unpaired) electrons. The maximum absolute atomic E-state index is 12.3. The fourth-order valence-electron chi connectivity index (χ4n) is 3.09. The zero-order valence-electron chi connectivity index (χ0n) is 14.9. The van der Waals surface area contributed by atoms with Gasteiger partial charge in [0.15, 0.2) is 0 Å². The molecule has 1 aromatic carbocycles. The number of hydrogen-bond acceptors (Lipinski definition) is 4. The molecule has 1 aromatic rings. The predicted octanol–water partition coefficient (Wildman–Crippen LogP) is 1.11. The van der Waals surface area contributed by atoms with Gasteiger partial charge < -0.3 is 10.4 Å². The SMILES string of the molecule is CCS(=O)(=O)N1CCC(C(=O)NCC(Cc2ccccc2)C(=O)O)CC1. The molecule has 1 saturated heterocycles. The Kier molecular flexibility index (Phi) is 7.16. The molecule has 1 aliphatic rings. The van der Waals surface area contributed by atoms with E-state index in [0.717, 1.165) is 5.56 Å². The van der Waals surface area contributed by atoms with Gasteiger partial charge in [0.2, 0.25) is 15.9 Å². The van der Waals surface area contributed by atoms with E-state index in [-0.39, 0.29) is 24.1 Å². The van der Waals surface area contributed by atoms with Crippen molar-refractivity contribution in [2.45, 2.75) is 26.2 Å². The van der Waals surface area contributed by atoms with Crippen molar-refractivity contribution in [1.82, 2.24) is 9.62 Å². The Morgan fingerprint density at radius 2 is 1.85 bits per heavy atom. The summed E-state index contributed by atoms with van der Waals surface area (Å²) in [7, 11) is -3.22. The van der Waals surface area contributed by atoms with E-state index < -0.39 is 21.9 Å². The molecule has 8 heteroatoms. The highest BCUT2D eigenvalue weighted by atomic mass is 32.2. The quantitative estimate of drug-likeness (QED) is 0.701. The number of piperidine rings is 1. The highest BCUT2D eigenvalue weighted by Crippen LogP contribution is 2.20. The summed E-state index contributed by atoms with van der Waals surface area (Å²) in [6, 6.07) is 9.30. The Bertz CT molecular complexity index is 712. The van der Waals surface area contributed by atoms with E-state index in [4.69, 9.17) is 0 Å². The molecule has 1 aliphatic heterocycles. The highest BCUT2D eigenvalue weighted by molar-refractivity contribution is 7.89. The van der Waals surface area contributed by atoms with Crippen molar-refractivity contribution in [3.63, 3.8) is 0 Å². The standard InChI is InChI=1S/C18H26N2O5S/c1-2-26(24,25)20-10-8-15(9-11-20)17(21)19-13-16(18(22)23)12-14-6-4-3-5-7-14/h3-7,15-16H,2,8-13H2,1H3,(H,19,21)(H,22,23). The summed E-state index contributed by atoms with van der Waals surface area (Å²) in [6.45, 7) is 2.34. The van der Waals surface area contributed by atoms with E-state index in [0.29, 0.717) is 32.4 Å². The third-order valence-electron chi connectivity index (χ3n) is 4.78. The average molecular weight is 382 g/mol. The van der Waals surface area contributed by atoms with Crippen LogP contribution in [0.4, 0.5) is 0 Å². The highest BCUT2D eigenvalue weighted by Gasteiger charge is 2.30. The molecule has 1 fully saturated rings. The molecule has 0 aliphatic carbocycles. The molecule has 26 heavy (non-hydrogen) atoms. The van der Waals surface area contributed by atoms with Gasteiger partial charge in [-0.3, -0.25) is 9.59 Å². The lowest BCUT2D eigenvalue weighted by atomic mass is 9.96. The molecule has 144 valence electrons. The van der Waals surface area contributed by atoms with Crippen molar-refractivity contribution in [3.8, 4) is 0 Å². The maximum atomic E-state index is 12.3. The zero-order valence-corrected chi connectivity index (χ0v) is 15.7. The third-order valence-corrected chi connectivity index (χ3v) is 6.66. The lowest BCUT2D eigenvalue weighted by molar-refractivity contribution is -0.141. The fourth-order valence-corrected chi connectivity index (χ4v) is 4.22. The smallest absolute Gasteiger partial charge is 0.308 e. The minimum Gasteiger partial charge on any atom is -0.481 e. The summed E-state index contributed by atoms with van der Waals surface area (Å²) in [5.41, 5.74) is 0.909. The van der Waals surface area contributed by atoms with Crippen molar-refractivity contribution < 1.29 is 23.1 Å². The van der Waals surface area contributed by atoms with Crippen LogP contribution in [-0.2, 0) is 26.0 Å². The molecule has 2 rings (SSSR count). The fraction of sp³-hybridized carbons (Fsp3) is 0.556. The van der Waals surface area contributed by atoms with Crippen LogP contribution in [0.5, 0.6) is 0 Å². The van der Waals surface area contributed by atoms with Crippen molar-refractivity contribution >= 4 is 21.9 Å². The Hall–Kier alpha value is -1.93. The molecular formula is C18H26N2O5S. The van der Waals surface area contributed by atoms with Gasteiger partial charge in [-0.05, 0) is 31.7 Å². The van der Waals surface area contributed by atoms with E-state index in [2.05, 4.69) is 5.32 Å². The monoisotopic (exact) mass is 382 g/mol. The number of sulfonamides is 1. The average Bonchev–Trinajstić information content (AvgIpc) is 2.65. The Morgan fingerprint density at radius 1 is 1.23 bits per heavy atom. The molecule has 0 saturated carbocycles. The molecule has 1 amide bonds.